The molecule has 0 amide bonds. The Hall–Kier alpha value is -6.68. The summed E-state index contributed by atoms with van der Waals surface area (Å²) in [6, 6.07) is 57.0. The van der Waals surface area contributed by atoms with Crippen molar-refractivity contribution < 1.29 is 8.83 Å². The first-order valence-electron chi connectivity index (χ1n) is 18.9. The van der Waals surface area contributed by atoms with Crippen LogP contribution in [-0.2, 0) is 0 Å². The third-order valence-corrected chi connectivity index (χ3v) is 12.8. The highest BCUT2D eigenvalue weighted by Crippen LogP contribution is 2.52. The number of benzene rings is 7. The third-order valence-electron chi connectivity index (χ3n) is 11.7. The summed E-state index contributed by atoms with van der Waals surface area (Å²) in [6.07, 6.45) is 9.14. The van der Waals surface area contributed by atoms with Crippen molar-refractivity contribution in [3.63, 3.8) is 0 Å². The summed E-state index contributed by atoms with van der Waals surface area (Å²) in [5.41, 5.74) is 13.8. The zero-order chi connectivity index (χ0) is 36.0. The molecule has 2 atom stereocenters. The van der Waals surface area contributed by atoms with E-state index in [4.69, 9.17) is 8.83 Å². The van der Waals surface area contributed by atoms with Gasteiger partial charge in [-0.3, -0.25) is 0 Å². The molecule has 12 rings (SSSR count). The zero-order valence-corrected chi connectivity index (χ0v) is 30.5. The van der Waals surface area contributed by atoms with Crippen molar-refractivity contribution in [3.05, 3.63) is 210 Å². The predicted molar refractivity (Wildman–Crippen MR) is 230 cm³/mol. The fourth-order valence-corrected chi connectivity index (χ4v) is 10.4. The van der Waals surface area contributed by atoms with Gasteiger partial charge in [-0.25, -0.2) is 0 Å². The number of furan rings is 2. The van der Waals surface area contributed by atoms with Crippen LogP contribution in [0.5, 0.6) is 0 Å². The highest BCUT2D eigenvalue weighted by atomic mass is 32.1. The van der Waals surface area contributed by atoms with E-state index < -0.39 is 0 Å². The summed E-state index contributed by atoms with van der Waals surface area (Å²) in [6.45, 7) is 0. The van der Waals surface area contributed by atoms with Gasteiger partial charge in [0, 0.05) is 59.3 Å². The zero-order valence-electron chi connectivity index (χ0n) is 29.7. The maximum absolute atomic E-state index is 6.68. The second kappa shape index (κ2) is 11.9. The van der Waals surface area contributed by atoms with Crippen molar-refractivity contribution in [1.29, 1.82) is 0 Å². The molecule has 0 saturated carbocycles. The molecule has 2 aliphatic carbocycles. The number of hydrogen-bond acceptors (Lipinski definition) is 3. The fraction of sp³-hybridized carbons (Fsp3) is 0.0385. The Morgan fingerprint density at radius 3 is 2.11 bits per heavy atom. The van der Waals surface area contributed by atoms with E-state index in [1.54, 1.807) is 0 Å². The fourth-order valence-electron chi connectivity index (χ4n) is 9.30. The highest BCUT2D eigenvalue weighted by Gasteiger charge is 2.36. The number of thiophene rings is 1. The molecule has 0 spiro atoms. The molecular formula is C52H32O2S. The van der Waals surface area contributed by atoms with Crippen LogP contribution >= 0.6 is 11.3 Å². The molecule has 7 aromatic carbocycles. The monoisotopic (exact) mass is 720 g/mol. The van der Waals surface area contributed by atoms with Crippen molar-refractivity contribution in [3.8, 4) is 22.5 Å². The molecule has 0 radical (unpaired) electrons. The van der Waals surface area contributed by atoms with Crippen LogP contribution in [-0.4, -0.2) is 0 Å². The molecule has 0 aliphatic heterocycles. The lowest BCUT2D eigenvalue weighted by Crippen LogP contribution is -2.22. The highest BCUT2D eigenvalue weighted by molar-refractivity contribution is 7.25. The minimum absolute atomic E-state index is 0.140. The lowest BCUT2D eigenvalue weighted by Gasteiger charge is -2.37. The summed E-state index contributed by atoms with van der Waals surface area (Å²) >= 11 is 1.85. The third kappa shape index (κ3) is 4.67. The number of hydrogen-bond donors (Lipinski definition) is 0. The van der Waals surface area contributed by atoms with Gasteiger partial charge in [0.1, 0.15) is 22.5 Å². The van der Waals surface area contributed by atoms with Gasteiger partial charge in [0.2, 0.25) is 0 Å². The number of fused-ring (bicyclic) bond motifs is 9. The van der Waals surface area contributed by atoms with Crippen LogP contribution in [0.3, 0.4) is 0 Å². The van der Waals surface area contributed by atoms with E-state index in [1.807, 2.05) is 11.3 Å². The predicted octanol–water partition coefficient (Wildman–Crippen LogP) is 14.7. The van der Waals surface area contributed by atoms with Crippen LogP contribution in [0.1, 0.15) is 28.2 Å². The summed E-state index contributed by atoms with van der Waals surface area (Å²) in [5.74, 6) is 1.20. The Bertz CT molecular complexity index is 3260. The maximum atomic E-state index is 6.68. The average molecular weight is 721 g/mol. The molecule has 0 fully saturated rings. The minimum atomic E-state index is 0.140. The maximum Gasteiger partial charge on any atom is 0.143 e. The average Bonchev–Trinajstić information content (AvgIpc) is 3.93. The molecule has 0 bridgehead atoms. The van der Waals surface area contributed by atoms with Gasteiger partial charge in [-0.1, -0.05) is 140 Å². The van der Waals surface area contributed by atoms with Gasteiger partial charge in [-0.05, 0) is 81.4 Å². The normalized spacial score (nSPS) is 16.5. The Kier molecular flexibility index (Phi) is 6.66. The van der Waals surface area contributed by atoms with Gasteiger partial charge in [0.15, 0.2) is 0 Å². The topological polar surface area (TPSA) is 26.3 Å². The lowest BCUT2D eigenvalue weighted by molar-refractivity contribution is 0.632. The SMILES string of the molecule is C1=CC2=C(c3ccc4oc(-c5ccccc5)c(-c5ccccc5)c4c3)c3ccccc3C(c3ccc4oc5cc6c(cc5c4c3)sc3ccccc36)C2C=C1. The van der Waals surface area contributed by atoms with Crippen LogP contribution in [0.2, 0.25) is 0 Å². The van der Waals surface area contributed by atoms with Gasteiger partial charge in [0.05, 0.1) is 0 Å². The first-order valence-corrected chi connectivity index (χ1v) is 19.7. The summed E-state index contributed by atoms with van der Waals surface area (Å²) < 4.78 is 15.8. The van der Waals surface area contributed by atoms with Crippen molar-refractivity contribution in [2.45, 2.75) is 5.92 Å². The van der Waals surface area contributed by atoms with Crippen LogP contribution in [0.25, 0.3) is 81.1 Å². The van der Waals surface area contributed by atoms with Crippen LogP contribution in [0.15, 0.2) is 196 Å². The summed E-state index contributed by atoms with van der Waals surface area (Å²) in [5, 5.41) is 6.01. The summed E-state index contributed by atoms with van der Waals surface area (Å²) in [7, 11) is 0. The van der Waals surface area contributed by atoms with Crippen molar-refractivity contribution >= 4 is 70.0 Å². The first-order chi connectivity index (χ1) is 27.3. The Morgan fingerprint density at radius 1 is 0.473 bits per heavy atom. The standard InChI is InChI=1S/C52H32O2S/c1-3-13-31(14-4-1)51-43-28-34(24-26-45(43)54-52(51)32-15-5-2-6-16-32)50-38-20-9-7-18-36(38)49(37-19-8-10-21-39(37)50)33-23-25-44-40(27-33)41-30-48-42(29-46(41)53-44)35-17-11-12-22-47(35)55-48/h1-30,36,49H. The van der Waals surface area contributed by atoms with E-state index in [1.165, 1.54) is 64.3 Å². The van der Waals surface area contributed by atoms with Crippen molar-refractivity contribution in [1.82, 2.24) is 0 Å². The Morgan fingerprint density at radius 2 is 1.22 bits per heavy atom. The Balaban J connectivity index is 1.04. The molecule has 2 nitrogen and oxygen atoms in total. The minimum Gasteiger partial charge on any atom is -0.456 e. The van der Waals surface area contributed by atoms with E-state index in [2.05, 4.69) is 182 Å². The van der Waals surface area contributed by atoms with Gasteiger partial charge in [-0.15, -0.1) is 11.3 Å². The molecule has 258 valence electrons. The smallest absolute Gasteiger partial charge is 0.143 e. The lowest BCUT2D eigenvalue weighted by atomic mass is 9.66. The Labute approximate surface area is 321 Å². The molecule has 2 aliphatic rings. The van der Waals surface area contributed by atoms with Crippen molar-refractivity contribution in [2.75, 3.05) is 0 Å². The molecule has 3 heterocycles. The van der Waals surface area contributed by atoms with Crippen LogP contribution in [0, 0.1) is 5.92 Å². The van der Waals surface area contributed by atoms with E-state index in [0.29, 0.717) is 0 Å². The molecule has 0 N–H and O–H groups in total. The van der Waals surface area contributed by atoms with Crippen LogP contribution < -0.4 is 0 Å². The molecule has 10 aromatic rings. The number of allylic oxidation sites excluding steroid dienone is 5. The molecular weight excluding hydrogens is 689 g/mol. The van der Waals surface area contributed by atoms with Gasteiger partial charge in [0.25, 0.3) is 0 Å². The van der Waals surface area contributed by atoms with Gasteiger partial charge in [-0.2, -0.15) is 0 Å². The molecule has 3 heteroatoms. The molecule has 2 unspecified atom stereocenters. The molecule has 0 saturated heterocycles. The first kappa shape index (κ1) is 30.7. The molecule has 3 aromatic heterocycles. The molecule has 55 heavy (non-hydrogen) atoms. The number of rotatable bonds is 4. The van der Waals surface area contributed by atoms with E-state index >= 15 is 0 Å². The van der Waals surface area contributed by atoms with Crippen molar-refractivity contribution in [2.24, 2.45) is 5.92 Å². The van der Waals surface area contributed by atoms with Gasteiger partial charge >= 0.3 is 0 Å². The van der Waals surface area contributed by atoms with Gasteiger partial charge < -0.3 is 8.83 Å². The quantitative estimate of drug-likeness (QED) is 0.181. The van der Waals surface area contributed by atoms with E-state index in [9.17, 15) is 0 Å². The second-order valence-corrected chi connectivity index (χ2v) is 15.8. The summed E-state index contributed by atoms with van der Waals surface area (Å²) in [4.78, 5) is 0. The second-order valence-electron chi connectivity index (χ2n) is 14.7. The largest absolute Gasteiger partial charge is 0.456 e. The van der Waals surface area contributed by atoms with E-state index in [-0.39, 0.29) is 11.8 Å². The van der Waals surface area contributed by atoms with Crippen LogP contribution in [0.4, 0.5) is 0 Å². The van der Waals surface area contributed by atoms with E-state index in [0.717, 1.165) is 44.6 Å².